The van der Waals surface area contributed by atoms with Crippen LogP contribution in [0.2, 0.25) is 0 Å². The van der Waals surface area contributed by atoms with Crippen LogP contribution in [0.4, 0.5) is 0 Å². The molecule has 1 aromatic rings. The van der Waals surface area contributed by atoms with Crippen LogP contribution in [-0.2, 0) is 11.3 Å². The zero-order valence-electron chi connectivity index (χ0n) is 10.4. The molecule has 0 aliphatic rings. The fourth-order valence-electron chi connectivity index (χ4n) is 1.22. The summed E-state index contributed by atoms with van der Waals surface area (Å²) in [6, 6.07) is 8.01. The third-order valence-electron chi connectivity index (χ3n) is 2.76. The van der Waals surface area contributed by atoms with Gasteiger partial charge in [-0.1, -0.05) is 42.0 Å². The molecular weight excluding hydrogens is 232 g/mol. The zero-order chi connectivity index (χ0) is 13.1. The Kier molecular flexibility index (Phi) is 4.23. The third-order valence-corrected chi connectivity index (χ3v) is 3.27. The molecule has 17 heavy (non-hydrogen) atoms. The molecule has 0 aliphatic carbocycles. The number of hydrogen-bond acceptors (Lipinski definition) is 2. The summed E-state index contributed by atoms with van der Waals surface area (Å²) in [4.78, 5) is 12.1. The monoisotopic (exact) mass is 250 g/mol. The maximum absolute atomic E-state index is 11.9. The lowest BCUT2D eigenvalue weighted by atomic mass is 9.92. The van der Waals surface area contributed by atoms with Crippen molar-refractivity contribution in [3.05, 3.63) is 35.4 Å². The average Bonchev–Trinajstić information content (AvgIpc) is 2.27. The van der Waals surface area contributed by atoms with Gasteiger partial charge in [0.05, 0.1) is 10.4 Å². The molecule has 0 saturated heterocycles. The van der Waals surface area contributed by atoms with E-state index in [0.29, 0.717) is 6.54 Å². The van der Waals surface area contributed by atoms with Gasteiger partial charge in [-0.2, -0.15) is 0 Å². The first-order valence-corrected chi connectivity index (χ1v) is 5.88. The van der Waals surface area contributed by atoms with E-state index < -0.39 is 5.41 Å². The van der Waals surface area contributed by atoms with E-state index >= 15 is 0 Å². The largest absolute Gasteiger partial charge is 0.392 e. The van der Waals surface area contributed by atoms with Crippen LogP contribution in [0.5, 0.6) is 0 Å². The Bertz CT molecular complexity index is 424. The number of carbonyl (C=O) groups excluding carboxylic acids is 1. The summed E-state index contributed by atoms with van der Waals surface area (Å²) >= 11 is 4.87. The summed E-state index contributed by atoms with van der Waals surface area (Å²) in [7, 11) is 0. The molecule has 1 amide bonds. The first kappa shape index (κ1) is 13.6. The molecule has 0 bridgehead atoms. The van der Waals surface area contributed by atoms with Crippen molar-refractivity contribution < 1.29 is 4.79 Å². The van der Waals surface area contributed by atoms with Crippen molar-refractivity contribution in [1.29, 1.82) is 0 Å². The predicted molar refractivity (Wildman–Crippen MR) is 73.6 cm³/mol. The van der Waals surface area contributed by atoms with E-state index in [2.05, 4.69) is 5.32 Å². The molecule has 3 N–H and O–H groups in total. The lowest BCUT2D eigenvalue weighted by Crippen LogP contribution is -2.44. The van der Waals surface area contributed by atoms with Crippen molar-refractivity contribution in [3.63, 3.8) is 0 Å². The van der Waals surface area contributed by atoms with Gasteiger partial charge < -0.3 is 11.1 Å². The van der Waals surface area contributed by atoms with Crippen LogP contribution < -0.4 is 11.1 Å². The van der Waals surface area contributed by atoms with Crippen molar-refractivity contribution >= 4 is 23.1 Å². The Labute approximate surface area is 107 Å². The molecule has 4 heteroatoms. The van der Waals surface area contributed by atoms with Crippen LogP contribution in [0.3, 0.4) is 0 Å². The Morgan fingerprint density at radius 1 is 1.35 bits per heavy atom. The summed E-state index contributed by atoms with van der Waals surface area (Å²) in [5, 5.41) is 2.83. The summed E-state index contributed by atoms with van der Waals surface area (Å²) in [6.07, 6.45) is 0. The Hall–Kier alpha value is -1.42. The van der Waals surface area contributed by atoms with E-state index in [4.69, 9.17) is 18.0 Å². The second-order valence-electron chi connectivity index (χ2n) is 4.66. The van der Waals surface area contributed by atoms with Gasteiger partial charge in [0, 0.05) is 6.54 Å². The molecule has 0 unspecified atom stereocenters. The summed E-state index contributed by atoms with van der Waals surface area (Å²) in [5.41, 5.74) is 6.98. The van der Waals surface area contributed by atoms with Gasteiger partial charge in [0.1, 0.15) is 0 Å². The molecule has 0 saturated carbocycles. The van der Waals surface area contributed by atoms with Crippen molar-refractivity contribution in [1.82, 2.24) is 5.32 Å². The molecular formula is C13H18N2OS. The molecule has 1 rings (SSSR count). The van der Waals surface area contributed by atoms with Crippen LogP contribution in [0.25, 0.3) is 0 Å². The van der Waals surface area contributed by atoms with Crippen LogP contribution in [0.15, 0.2) is 24.3 Å². The van der Waals surface area contributed by atoms with Gasteiger partial charge >= 0.3 is 0 Å². The molecule has 0 radical (unpaired) electrons. The molecule has 0 heterocycles. The molecule has 0 spiro atoms. The number of thiocarbonyl (C=S) groups is 1. The topological polar surface area (TPSA) is 55.1 Å². The summed E-state index contributed by atoms with van der Waals surface area (Å²) < 4.78 is 0. The van der Waals surface area contributed by atoms with Gasteiger partial charge in [-0.3, -0.25) is 4.79 Å². The predicted octanol–water partition coefficient (Wildman–Crippen LogP) is 1.92. The first-order valence-electron chi connectivity index (χ1n) is 5.48. The second-order valence-corrected chi connectivity index (χ2v) is 5.10. The van der Waals surface area contributed by atoms with Crippen molar-refractivity contribution in [2.75, 3.05) is 0 Å². The van der Waals surface area contributed by atoms with E-state index in [1.807, 2.05) is 31.2 Å². The SMILES string of the molecule is Cc1ccc(CNC(=O)C(C)(C)C(N)=S)cc1. The van der Waals surface area contributed by atoms with Crippen LogP contribution >= 0.6 is 12.2 Å². The minimum absolute atomic E-state index is 0.148. The van der Waals surface area contributed by atoms with E-state index in [-0.39, 0.29) is 10.9 Å². The number of carbonyl (C=O) groups is 1. The molecule has 0 atom stereocenters. The Morgan fingerprint density at radius 2 is 1.88 bits per heavy atom. The van der Waals surface area contributed by atoms with Crippen molar-refractivity contribution in [3.8, 4) is 0 Å². The van der Waals surface area contributed by atoms with Gasteiger partial charge in [-0.05, 0) is 26.3 Å². The van der Waals surface area contributed by atoms with Crippen LogP contribution in [0.1, 0.15) is 25.0 Å². The molecule has 0 aromatic heterocycles. The van der Waals surface area contributed by atoms with Gasteiger partial charge in [0.25, 0.3) is 0 Å². The highest BCUT2D eigenvalue weighted by atomic mass is 32.1. The van der Waals surface area contributed by atoms with Crippen LogP contribution in [0, 0.1) is 12.3 Å². The molecule has 92 valence electrons. The number of rotatable bonds is 4. The lowest BCUT2D eigenvalue weighted by molar-refractivity contribution is -0.126. The second kappa shape index (κ2) is 5.27. The zero-order valence-corrected chi connectivity index (χ0v) is 11.2. The summed E-state index contributed by atoms with van der Waals surface area (Å²) in [5.74, 6) is -0.148. The third kappa shape index (κ3) is 3.53. The molecule has 0 fully saturated rings. The highest BCUT2D eigenvalue weighted by molar-refractivity contribution is 7.80. The van der Waals surface area contributed by atoms with Gasteiger partial charge in [0.2, 0.25) is 5.91 Å². The number of nitrogens with one attached hydrogen (secondary N) is 1. The number of aryl methyl sites for hydroxylation is 1. The highest BCUT2D eigenvalue weighted by Crippen LogP contribution is 2.15. The molecule has 1 aromatic carbocycles. The number of hydrogen-bond donors (Lipinski definition) is 2. The number of benzene rings is 1. The first-order chi connectivity index (χ1) is 7.84. The maximum atomic E-state index is 11.9. The van der Waals surface area contributed by atoms with E-state index in [0.717, 1.165) is 5.56 Å². The molecule has 0 aliphatic heterocycles. The maximum Gasteiger partial charge on any atom is 0.232 e. The van der Waals surface area contributed by atoms with Gasteiger partial charge in [-0.15, -0.1) is 0 Å². The van der Waals surface area contributed by atoms with E-state index in [1.165, 1.54) is 5.56 Å². The van der Waals surface area contributed by atoms with E-state index in [1.54, 1.807) is 13.8 Å². The fourth-order valence-corrected chi connectivity index (χ4v) is 1.31. The van der Waals surface area contributed by atoms with Crippen LogP contribution in [-0.4, -0.2) is 10.9 Å². The van der Waals surface area contributed by atoms with Gasteiger partial charge in [-0.25, -0.2) is 0 Å². The summed E-state index contributed by atoms with van der Waals surface area (Å²) in [6.45, 7) is 5.96. The standard InChI is InChI=1S/C13H18N2OS/c1-9-4-6-10(7-5-9)8-15-12(16)13(2,3)11(14)17/h4-7H,8H2,1-3H3,(H2,14,17)(H,15,16). The Morgan fingerprint density at radius 3 is 2.35 bits per heavy atom. The smallest absolute Gasteiger partial charge is 0.232 e. The highest BCUT2D eigenvalue weighted by Gasteiger charge is 2.30. The minimum Gasteiger partial charge on any atom is -0.392 e. The lowest BCUT2D eigenvalue weighted by Gasteiger charge is -2.21. The Balaban J connectivity index is 2.60. The van der Waals surface area contributed by atoms with Crippen molar-refractivity contribution in [2.24, 2.45) is 11.1 Å². The van der Waals surface area contributed by atoms with Gasteiger partial charge in [0.15, 0.2) is 0 Å². The van der Waals surface area contributed by atoms with Crippen molar-refractivity contribution in [2.45, 2.75) is 27.3 Å². The quantitative estimate of drug-likeness (QED) is 0.803. The fraction of sp³-hybridized carbons (Fsp3) is 0.385. The number of nitrogens with two attached hydrogens (primary N) is 1. The average molecular weight is 250 g/mol. The normalized spacial score (nSPS) is 11.0. The van der Waals surface area contributed by atoms with E-state index in [9.17, 15) is 4.79 Å². The molecule has 3 nitrogen and oxygen atoms in total. The number of amides is 1. The minimum atomic E-state index is -0.806.